The summed E-state index contributed by atoms with van der Waals surface area (Å²) < 4.78 is 24.4. The van der Waals surface area contributed by atoms with E-state index in [1.165, 1.54) is 11.4 Å². The molecular formula is C12H16N2O3S. The quantitative estimate of drug-likeness (QED) is 0.801. The van der Waals surface area contributed by atoms with E-state index in [0.29, 0.717) is 12.1 Å². The van der Waals surface area contributed by atoms with E-state index in [9.17, 15) is 13.2 Å². The minimum absolute atomic E-state index is 0.0311. The molecule has 6 heteroatoms. The highest BCUT2D eigenvalue weighted by molar-refractivity contribution is 7.92. The number of rotatable bonds is 2. The number of aryl methyl sites for hydroxylation is 1. The van der Waals surface area contributed by atoms with Crippen molar-refractivity contribution < 1.29 is 13.2 Å². The summed E-state index contributed by atoms with van der Waals surface area (Å²) in [7, 11) is -0.0399. The molecule has 0 N–H and O–H groups in total. The van der Waals surface area contributed by atoms with Crippen LogP contribution >= 0.6 is 0 Å². The Morgan fingerprint density at radius 1 is 1.33 bits per heavy atom. The van der Waals surface area contributed by atoms with Gasteiger partial charge in [0.2, 0.25) is 15.9 Å². The van der Waals surface area contributed by atoms with E-state index in [0.717, 1.165) is 23.1 Å². The minimum atomic E-state index is -3.29. The number of carbonyl (C=O) groups is 1. The Labute approximate surface area is 107 Å². The minimum Gasteiger partial charge on any atom is -0.315 e. The lowest BCUT2D eigenvalue weighted by atomic mass is 10.1. The molecule has 1 heterocycles. The number of hydrogen-bond acceptors (Lipinski definition) is 3. The molecule has 0 unspecified atom stereocenters. The first-order valence-corrected chi connectivity index (χ1v) is 7.40. The Balaban J connectivity index is 2.55. The SMILES string of the molecule is Cc1cc2c(cc1N(C)S(C)(=O)=O)CC(=O)N2C. The second kappa shape index (κ2) is 3.98. The Hall–Kier alpha value is -1.56. The summed E-state index contributed by atoms with van der Waals surface area (Å²) in [6.07, 6.45) is 1.49. The zero-order valence-electron chi connectivity index (χ0n) is 10.9. The van der Waals surface area contributed by atoms with Gasteiger partial charge in [0, 0.05) is 19.8 Å². The van der Waals surface area contributed by atoms with Crippen molar-refractivity contribution >= 4 is 27.3 Å². The van der Waals surface area contributed by atoms with Gasteiger partial charge in [0.1, 0.15) is 0 Å². The van der Waals surface area contributed by atoms with E-state index in [1.54, 1.807) is 18.0 Å². The van der Waals surface area contributed by atoms with Crippen LogP contribution in [0.1, 0.15) is 11.1 Å². The predicted octanol–water partition coefficient (Wildman–Crippen LogP) is 0.910. The van der Waals surface area contributed by atoms with Gasteiger partial charge in [0.15, 0.2) is 0 Å². The van der Waals surface area contributed by atoms with Crippen molar-refractivity contribution in [1.29, 1.82) is 0 Å². The molecule has 1 aromatic rings. The lowest BCUT2D eigenvalue weighted by Crippen LogP contribution is -2.25. The first-order chi connectivity index (χ1) is 8.21. The number of nitrogens with zero attached hydrogens (tertiary/aromatic N) is 2. The molecule has 0 atom stereocenters. The Bertz CT molecular complexity index is 622. The first kappa shape index (κ1) is 12.9. The Morgan fingerprint density at radius 2 is 1.94 bits per heavy atom. The first-order valence-electron chi connectivity index (χ1n) is 5.56. The van der Waals surface area contributed by atoms with Gasteiger partial charge in [-0.15, -0.1) is 0 Å². The number of carbonyl (C=O) groups excluding carboxylic acids is 1. The molecule has 0 spiro atoms. The summed E-state index contributed by atoms with van der Waals surface area (Å²) in [5.41, 5.74) is 3.20. The average Bonchev–Trinajstić information content (AvgIpc) is 2.52. The smallest absolute Gasteiger partial charge is 0.232 e. The van der Waals surface area contributed by atoms with Gasteiger partial charge in [-0.2, -0.15) is 0 Å². The third-order valence-corrected chi connectivity index (χ3v) is 4.50. The van der Waals surface area contributed by atoms with Crippen LogP contribution in [0.3, 0.4) is 0 Å². The van der Waals surface area contributed by atoms with E-state index in [1.807, 2.05) is 13.0 Å². The maximum atomic E-state index is 11.6. The van der Waals surface area contributed by atoms with Crippen molar-refractivity contribution in [3.8, 4) is 0 Å². The summed E-state index contributed by atoms with van der Waals surface area (Å²) in [4.78, 5) is 13.2. The average molecular weight is 268 g/mol. The van der Waals surface area contributed by atoms with E-state index >= 15 is 0 Å². The van der Waals surface area contributed by atoms with Crippen LogP contribution in [0.4, 0.5) is 11.4 Å². The van der Waals surface area contributed by atoms with Crippen LogP contribution in [0.25, 0.3) is 0 Å². The summed E-state index contributed by atoms with van der Waals surface area (Å²) in [5, 5.41) is 0. The van der Waals surface area contributed by atoms with Gasteiger partial charge in [-0.05, 0) is 30.2 Å². The fourth-order valence-electron chi connectivity index (χ4n) is 2.11. The monoisotopic (exact) mass is 268 g/mol. The molecule has 1 aliphatic rings. The predicted molar refractivity (Wildman–Crippen MR) is 71.5 cm³/mol. The molecule has 1 aromatic carbocycles. The Kier molecular flexibility index (Phi) is 2.85. The highest BCUT2D eigenvalue weighted by Crippen LogP contribution is 2.34. The van der Waals surface area contributed by atoms with Gasteiger partial charge in [-0.25, -0.2) is 8.42 Å². The van der Waals surface area contributed by atoms with Crippen LogP contribution in [-0.4, -0.2) is 34.7 Å². The Morgan fingerprint density at radius 3 is 2.50 bits per heavy atom. The number of benzene rings is 1. The van der Waals surface area contributed by atoms with Gasteiger partial charge >= 0.3 is 0 Å². The molecule has 0 radical (unpaired) electrons. The summed E-state index contributed by atoms with van der Waals surface area (Å²) >= 11 is 0. The molecule has 0 saturated carbocycles. The van der Waals surface area contributed by atoms with E-state index in [2.05, 4.69) is 0 Å². The van der Waals surface area contributed by atoms with Crippen LogP contribution < -0.4 is 9.21 Å². The fourth-order valence-corrected chi connectivity index (χ4v) is 2.67. The van der Waals surface area contributed by atoms with Crippen LogP contribution in [-0.2, 0) is 21.2 Å². The van der Waals surface area contributed by atoms with Gasteiger partial charge < -0.3 is 4.90 Å². The highest BCUT2D eigenvalue weighted by atomic mass is 32.2. The van der Waals surface area contributed by atoms with Crippen molar-refractivity contribution in [2.75, 3.05) is 29.6 Å². The second-order valence-corrected chi connectivity index (χ2v) is 6.64. The number of fused-ring (bicyclic) bond motifs is 1. The molecule has 2 rings (SSSR count). The maximum absolute atomic E-state index is 11.6. The van der Waals surface area contributed by atoms with Crippen LogP contribution in [0.5, 0.6) is 0 Å². The standard InChI is InChI=1S/C12H16N2O3S/c1-8-5-11-9(7-12(15)13(11)2)6-10(8)14(3)18(4,16)17/h5-6H,7H2,1-4H3. The normalized spacial score (nSPS) is 14.9. The van der Waals surface area contributed by atoms with Crippen LogP contribution in [0.2, 0.25) is 0 Å². The highest BCUT2D eigenvalue weighted by Gasteiger charge is 2.26. The van der Waals surface area contributed by atoms with Crippen molar-refractivity contribution in [1.82, 2.24) is 0 Å². The molecule has 0 saturated heterocycles. The number of sulfonamides is 1. The zero-order chi connectivity index (χ0) is 13.7. The lowest BCUT2D eigenvalue weighted by Gasteiger charge is -2.20. The lowest BCUT2D eigenvalue weighted by molar-refractivity contribution is -0.117. The van der Waals surface area contributed by atoms with Gasteiger partial charge in [-0.1, -0.05) is 0 Å². The van der Waals surface area contributed by atoms with Gasteiger partial charge in [0.05, 0.1) is 18.4 Å². The molecule has 18 heavy (non-hydrogen) atoms. The van der Waals surface area contributed by atoms with E-state index < -0.39 is 10.0 Å². The summed E-state index contributed by atoms with van der Waals surface area (Å²) in [5.74, 6) is 0.0311. The van der Waals surface area contributed by atoms with Gasteiger partial charge in [0.25, 0.3) is 0 Å². The van der Waals surface area contributed by atoms with Crippen molar-refractivity contribution in [2.45, 2.75) is 13.3 Å². The third-order valence-electron chi connectivity index (χ3n) is 3.31. The summed E-state index contributed by atoms with van der Waals surface area (Å²) in [6.45, 7) is 1.84. The summed E-state index contributed by atoms with van der Waals surface area (Å²) in [6, 6.07) is 3.64. The number of hydrogen-bond donors (Lipinski definition) is 0. The maximum Gasteiger partial charge on any atom is 0.232 e. The topological polar surface area (TPSA) is 57.7 Å². The number of likely N-dealkylation sites (N-methyl/N-ethyl adjacent to an activating group) is 1. The molecule has 1 amide bonds. The van der Waals surface area contributed by atoms with Crippen molar-refractivity contribution in [2.24, 2.45) is 0 Å². The molecule has 0 fully saturated rings. The molecule has 0 bridgehead atoms. The number of anilines is 2. The fraction of sp³-hybridized carbons (Fsp3) is 0.417. The van der Waals surface area contributed by atoms with E-state index in [-0.39, 0.29) is 5.91 Å². The number of amides is 1. The second-order valence-electron chi connectivity index (χ2n) is 4.63. The third kappa shape index (κ3) is 1.96. The molecule has 98 valence electrons. The van der Waals surface area contributed by atoms with Gasteiger partial charge in [-0.3, -0.25) is 9.10 Å². The van der Waals surface area contributed by atoms with Crippen molar-refractivity contribution in [3.63, 3.8) is 0 Å². The molecule has 1 aliphatic heterocycles. The van der Waals surface area contributed by atoms with Crippen LogP contribution in [0.15, 0.2) is 12.1 Å². The van der Waals surface area contributed by atoms with E-state index in [4.69, 9.17) is 0 Å². The molecule has 5 nitrogen and oxygen atoms in total. The molecular weight excluding hydrogens is 252 g/mol. The zero-order valence-corrected chi connectivity index (χ0v) is 11.7. The van der Waals surface area contributed by atoms with Crippen LogP contribution in [0, 0.1) is 6.92 Å². The van der Waals surface area contributed by atoms with Crippen molar-refractivity contribution in [3.05, 3.63) is 23.3 Å². The largest absolute Gasteiger partial charge is 0.315 e. The molecule has 0 aromatic heterocycles. The molecule has 0 aliphatic carbocycles.